The van der Waals surface area contributed by atoms with E-state index in [0.717, 1.165) is 23.9 Å². The second-order valence-electron chi connectivity index (χ2n) is 10.3. The van der Waals surface area contributed by atoms with Crippen LogP contribution in [0.2, 0.25) is 0 Å². The van der Waals surface area contributed by atoms with Crippen molar-refractivity contribution in [1.82, 2.24) is 15.0 Å². The standard InChI is InChI=1S/C30H25F3N4O2S2/c1-30(2,3)28-37-25(26(40-28)23-15-16-34-29(36-23)35-19-10-5-4-6-11-19)20-12-7-9-18(24(20)33)17-41(38,39)27-21(31)13-8-14-22(27)32/h4-16H,17H2,1-3H3,(H,34,35,36). The molecule has 11 heteroatoms. The van der Waals surface area contributed by atoms with Gasteiger partial charge >= 0.3 is 0 Å². The van der Waals surface area contributed by atoms with Crippen molar-refractivity contribution in [2.75, 3.05) is 5.32 Å². The maximum Gasteiger partial charge on any atom is 0.227 e. The zero-order valence-electron chi connectivity index (χ0n) is 22.3. The molecular weight excluding hydrogens is 569 g/mol. The molecule has 5 rings (SSSR count). The molecule has 1 N–H and O–H groups in total. The first-order valence-corrected chi connectivity index (χ1v) is 15.0. The Morgan fingerprint density at radius 3 is 2.22 bits per heavy atom. The Morgan fingerprint density at radius 1 is 0.854 bits per heavy atom. The molecule has 0 radical (unpaired) electrons. The monoisotopic (exact) mass is 594 g/mol. The van der Waals surface area contributed by atoms with Gasteiger partial charge in [0.25, 0.3) is 0 Å². The van der Waals surface area contributed by atoms with Crippen molar-refractivity contribution in [2.45, 2.75) is 36.8 Å². The van der Waals surface area contributed by atoms with E-state index in [1.54, 1.807) is 12.3 Å². The van der Waals surface area contributed by atoms with E-state index in [9.17, 15) is 17.2 Å². The van der Waals surface area contributed by atoms with Crippen molar-refractivity contribution in [3.8, 4) is 21.8 Å². The minimum Gasteiger partial charge on any atom is -0.324 e. The number of thiazole rings is 1. The maximum atomic E-state index is 16.0. The van der Waals surface area contributed by atoms with Gasteiger partial charge in [0.2, 0.25) is 5.95 Å². The summed E-state index contributed by atoms with van der Waals surface area (Å²) in [6.45, 7) is 5.93. The maximum absolute atomic E-state index is 16.0. The molecular formula is C30H25F3N4O2S2. The lowest BCUT2D eigenvalue weighted by Crippen LogP contribution is -2.11. The summed E-state index contributed by atoms with van der Waals surface area (Å²) in [6.07, 6.45) is 1.58. The van der Waals surface area contributed by atoms with Crippen LogP contribution in [0, 0.1) is 17.5 Å². The Morgan fingerprint density at radius 2 is 1.54 bits per heavy atom. The number of anilines is 2. The molecule has 0 aliphatic carbocycles. The lowest BCUT2D eigenvalue weighted by atomic mass is 9.98. The van der Waals surface area contributed by atoms with Gasteiger partial charge in [0.1, 0.15) is 22.3 Å². The molecule has 0 fully saturated rings. The highest BCUT2D eigenvalue weighted by molar-refractivity contribution is 7.90. The largest absolute Gasteiger partial charge is 0.324 e. The van der Waals surface area contributed by atoms with Gasteiger partial charge in [-0.3, -0.25) is 0 Å². The molecule has 0 bridgehead atoms. The summed E-state index contributed by atoms with van der Waals surface area (Å²) in [7, 11) is -4.55. The summed E-state index contributed by atoms with van der Waals surface area (Å²) < 4.78 is 70.5. The molecule has 0 saturated carbocycles. The van der Waals surface area contributed by atoms with Crippen molar-refractivity contribution in [3.63, 3.8) is 0 Å². The minimum absolute atomic E-state index is 0.0460. The predicted molar refractivity (Wildman–Crippen MR) is 154 cm³/mol. The number of hydrogen-bond donors (Lipinski definition) is 1. The highest BCUT2D eigenvalue weighted by Crippen LogP contribution is 2.41. The molecule has 0 aliphatic heterocycles. The molecule has 41 heavy (non-hydrogen) atoms. The van der Waals surface area contributed by atoms with Crippen LogP contribution in [-0.4, -0.2) is 23.4 Å². The van der Waals surface area contributed by atoms with Gasteiger partial charge in [0.15, 0.2) is 9.84 Å². The summed E-state index contributed by atoms with van der Waals surface area (Å²) in [5, 5.41) is 3.85. The summed E-state index contributed by atoms with van der Waals surface area (Å²) in [5.41, 5.74) is 0.983. The molecule has 0 saturated heterocycles. The number of nitrogens with zero attached hydrogens (tertiary/aromatic N) is 3. The first-order valence-electron chi connectivity index (χ1n) is 12.6. The van der Waals surface area contributed by atoms with Crippen molar-refractivity contribution in [2.24, 2.45) is 0 Å². The lowest BCUT2D eigenvalue weighted by Gasteiger charge is -2.13. The summed E-state index contributed by atoms with van der Waals surface area (Å²) in [5.74, 6) is -3.92. The normalized spacial score (nSPS) is 12.0. The van der Waals surface area contributed by atoms with Gasteiger partial charge in [0.05, 0.1) is 27.0 Å². The van der Waals surface area contributed by atoms with Gasteiger partial charge in [-0.2, -0.15) is 0 Å². The fraction of sp³-hybridized carbons (Fsp3) is 0.167. The zero-order valence-corrected chi connectivity index (χ0v) is 24.0. The lowest BCUT2D eigenvalue weighted by molar-refractivity contribution is 0.518. The van der Waals surface area contributed by atoms with Gasteiger partial charge in [-0.05, 0) is 36.4 Å². The topological polar surface area (TPSA) is 84.8 Å². The van der Waals surface area contributed by atoms with Crippen LogP contribution in [-0.2, 0) is 21.0 Å². The smallest absolute Gasteiger partial charge is 0.227 e. The van der Waals surface area contributed by atoms with E-state index in [0.29, 0.717) is 21.5 Å². The highest BCUT2D eigenvalue weighted by Gasteiger charge is 2.29. The van der Waals surface area contributed by atoms with Gasteiger partial charge < -0.3 is 5.32 Å². The van der Waals surface area contributed by atoms with E-state index in [-0.39, 0.29) is 22.2 Å². The van der Waals surface area contributed by atoms with Crippen molar-refractivity contribution in [1.29, 1.82) is 0 Å². The van der Waals surface area contributed by atoms with Crippen LogP contribution in [0.15, 0.2) is 83.9 Å². The van der Waals surface area contributed by atoms with Crippen molar-refractivity contribution in [3.05, 3.63) is 107 Å². The molecule has 0 amide bonds. The molecule has 6 nitrogen and oxygen atoms in total. The van der Waals surface area contributed by atoms with Crippen LogP contribution in [0.4, 0.5) is 24.8 Å². The van der Waals surface area contributed by atoms with E-state index >= 15 is 4.39 Å². The van der Waals surface area contributed by atoms with Crippen molar-refractivity contribution >= 4 is 32.8 Å². The third-order valence-electron chi connectivity index (χ3n) is 6.10. The number of halogens is 3. The molecule has 0 unspecified atom stereocenters. The molecule has 210 valence electrons. The number of nitrogens with one attached hydrogen (secondary N) is 1. The number of sulfone groups is 1. The summed E-state index contributed by atoms with van der Waals surface area (Å²) >= 11 is 1.34. The van der Waals surface area contributed by atoms with Crippen LogP contribution in [0.3, 0.4) is 0 Å². The molecule has 2 heterocycles. The minimum atomic E-state index is -4.55. The number of rotatable bonds is 7. The fourth-order valence-electron chi connectivity index (χ4n) is 4.12. The first-order chi connectivity index (χ1) is 19.4. The van der Waals surface area contributed by atoms with Crippen molar-refractivity contribution < 1.29 is 21.6 Å². The average Bonchev–Trinajstić information content (AvgIpc) is 3.36. The van der Waals surface area contributed by atoms with E-state index < -0.39 is 37.9 Å². The molecule has 0 atom stereocenters. The van der Waals surface area contributed by atoms with Crippen LogP contribution < -0.4 is 5.32 Å². The number of hydrogen-bond acceptors (Lipinski definition) is 7. The first kappa shape index (κ1) is 28.4. The van der Waals surface area contributed by atoms with Gasteiger partial charge in [-0.15, -0.1) is 11.3 Å². The Bertz CT molecular complexity index is 1820. The highest BCUT2D eigenvalue weighted by atomic mass is 32.2. The Labute approximate surface area is 239 Å². The Balaban J connectivity index is 1.59. The predicted octanol–water partition coefficient (Wildman–Crippen LogP) is 7.70. The van der Waals surface area contributed by atoms with Gasteiger partial charge in [0, 0.05) is 28.4 Å². The molecule has 0 spiro atoms. The number of aromatic nitrogens is 3. The van der Waals surface area contributed by atoms with E-state index in [2.05, 4.69) is 15.3 Å². The van der Waals surface area contributed by atoms with Crippen LogP contribution in [0.25, 0.3) is 21.8 Å². The van der Waals surface area contributed by atoms with E-state index in [1.807, 2.05) is 51.1 Å². The zero-order chi connectivity index (χ0) is 29.4. The second kappa shape index (κ2) is 11.1. The molecule has 0 aliphatic rings. The summed E-state index contributed by atoms with van der Waals surface area (Å²) in [4.78, 5) is 13.2. The number of para-hydroxylation sites is 1. The molecule has 2 aromatic heterocycles. The Hall–Kier alpha value is -4.09. The molecule has 3 aromatic carbocycles. The third kappa shape index (κ3) is 6.01. The third-order valence-corrected chi connectivity index (χ3v) is 9.30. The second-order valence-corrected chi connectivity index (χ2v) is 13.2. The SMILES string of the molecule is CC(C)(C)c1nc(-c2cccc(CS(=O)(=O)c3c(F)cccc3F)c2F)c(-c2ccnc(Nc3ccccc3)n2)s1. The van der Waals surface area contributed by atoms with Gasteiger partial charge in [-0.1, -0.05) is 57.2 Å². The van der Waals surface area contributed by atoms with Crippen LogP contribution in [0.5, 0.6) is 0 Å². The fourth-order valence-corrected chi connectivity index (χ4v) is 6.74. The quantitative estimate of drug-likeness (QED) is 0.208. The van der Waals surface area contributed by atoms with Gasteiger partial charge in [-0.25, -0.2) is 36.5 Å². The van der Waals surface area contributed by atoms with E-state index in [1.165, 1.54) is 29.5 Å². The van der Waals surface area contributed by atoms with E-state index in [4.69, 9.17) is 4.98 Å². The number of benzene rings is 3. The average molecular weight is 595 g/mol. The summed E-state index contributed by atoms with van der Waals surface area (Å²) in [6, 6.07) is 18.1. The Kier molecular flexibility index (Phi) is 7.67. The van der Waals surface area contributed by atoms with Crippen LogP contribution >= 0.6 is 11.3 Å². The van der Waals surface area contributed by atoms with Crippen LogP contribution in [0.1, 0.15) is 31.3 Å². The molecule has 5 aromatic rings.